The van der Waals surface area contributed by atoms with Crippen molar-refractivity contribution in [3.05, 3.63) is 11.4 Å². The maximum Gasteiger partial charge on any atom is 0.391 e. The molecular formula is C15H23ClF3N5O. The normalized spacial score (nSPS) is 20.4. The fraction of sp³-hybridized carbons (Fsp3) is 0.800. The Bertz CT molecular complexity index is 592. The summed E-state index contributed by atoms with van der Waals surface area (Å²) < 4.78 is 40.0. The van der Waals surface area contributed by atoms with Gasteiger partial charge in [-0.25, -0.2) is 4.68 Å². The molecule has 2 aliphatic rings. The molecule has 3 rings (SSSR count). The van der Waals surface area contributed by atoms with Crippen molar-refractivity contribution >= 4 is 18.3 Å². The molecule has 0 saturated carbocycles. The monoisotopic (exact) mass is 381 g/mol. The number of amides is 1. The lowest BCUT2D eigenvalue weighted by Gasteiger charge is -2.32. The molecule has 0 aliphatic carbocycles. The van der Waals surface area contributed by atoms with Gasteiger partial charge in [-0.15, -0.1) is 17.5 Å². The van der Waals surface area contributed by atoms with E-state index in [9.17, 15) is 18.0 Å². The Morgan fingerprint density at radius 3 is 2.32 bits per heavy atom. The van der Waals surface area contributed by atoms with Crippen LogP contribution in [0.1, 0.15) is 47.9 Å². The second kappa shape index (κ2) is 7.90. The summed E-state index contributed by atoms with van der Waals surface area (Å²) in [4.78, 5) is 14.1. The van der Waals surface area contributed by atoms with Crippen LogP contribution in [0.25, 0.3) is 0 Å². The number of alkyl halides is 3. The Morgan fingerprint density at radius 2 is 1.76 bits per heavy atom. The number of hydrogen-bond acceptors (Lipinski definition) is 4. The predicted molar refractivity (Wildman–Crippen MR) is 87.8 cm³/mol. The molecule has 1 aromatic heterocycles. The molecular weight excluding hydrogens is 359 g/mol. The summed E-state index contributed by atoms with van der Waals surface area (Å²) >= 11 is 0. The van der Waals surface area contributed by atoms with Crippen LogP contribution in [0, 0.1) is 12.8 Å². The van der Waals surface area contributed by atoms with Crippen molar-refractivity contribution in [2.75, 3.05) is 26.2 Å². The molecule has 1 amide bonds. The van der Waals surface area contributed by atoms with Gasteiger partial charge < -0.3 is 10.2 Å². The molecule has 0 unspecified atom stereocenters. The molecule has 0 radical (unpaired) electrons. The minimum atomic E-state index is -4.18. The van der Waals surface area contributed by atoms with Crippen LogP contribution in [0.4, 0.5) is 13.2 Å². The zero-order chi connectivity index (χ0) is 17.3. The van der Waals surface area contributed by atoms with Gasteiger partial charge in [0.1, 0.15) is 0 Å². The van der Waals surface area contributed by atoms with E-state index in [2.05, 4.69) is 15.6 Å². The van der Waals surface area contributed by atoms with Gasteiger partial charge in [0.25, 0.3) is 5.91 Å². The van der Waals surface area contributed by atoms with Crippen molar-refractivity contribution in [3.8, 4) is 0 Å². The Morgan fingerprint density at radius 1 is 1.16 bits per heavy atom. The average molecular weight is 382 g/mol. The summed E-state index contributed by atoms with van der Waals surface area (Å²) in [5.41, 5.74) is 0.962. The lowest BCUT2D eigenvalue weighted by atomic mass is 9.96. The van der Waals surface area contributed by atoms with Gasteiger partial charge in [0.05, 0.1) is 17.7 Å². The van der Waals surface area contributed by atoms with Crippen molar-refractivity contribution in [1.82, 2.24) is 25.2 Å². The van der Waals surface area contributed by atoms with Gasteiger partial charge in [0.2, 0.25) is 0 Å². The summed E-state index contributed by atoms with van der Waals surface area (Å²) in [6.07, 6.45) is -2.42. The van der Waals surface area contributed by atoms with E-state index in [1.807, 2.05) is 0 Å². The maximum absolute atomic E-state index is 12.7. The van der Waals surface area contributed by atoms with Gasteiger partial charge in [0, 0.05) is 13.1 Å². The van der Waals surface area contributed by atoms with E-state index in [4.69, 9.17) is 0 Å². The average Bonchev–Trinajstić information content (AvgIpc) is 2.96. The molecule has 1 aromatic rings. The molecule has 25 heavy (non-hydrogen) atoms. The van der Waals surface area contributed by atoms with E-state index < -0.39 is 12.1 Å². The third-order valence-electron chi connectivity index (χ3n) is 5.03. The number of nitrogens with one attached hydrogen (secondary N) is 1. The molecule has 0 aromatic carbocycles. The zero-order valence-electron chi connectivity index (χ0n) is 14.1. The zero-order valence-corrected chi connectivity index (χ0v) is 14.9. The Labute approximate surface area is 150 Å². The van der Waals surface area contributed by atoms with Gasteiger partial charge in [0.15, 0.2) is 5.69 Å². The molecule has 2 saturated heterocycles. The van der Waals surface area contributed by atoms with Crippen LogP contribution in [0.3, 0.4) is 0 Å². The van der Waals surface area contributed by atoms with Crippen molar-refractivity contribution in [1.29, 1.82) is 0 Å². The molecule has 1 N–H and O–H groups in total. The Kier molecular flexibility index (Phi) is 6.31. The standard InChI is InChI=1S/C15H22F3N5O.ClH/c1-10-13(20-21-23(10)12-2-6-19-7-3-12)14(24)22-8-4-11(5-9-22)15(16,17)18;/h11-12,19H,2-9H2,1H3;1H. The van der Waals surface area contributed by atoms with Crippen molar-refractivity contribution < 1.29 is 18.0 Å². The van der Waals surface area contributed by atoms with Crippen LogP contribution in [0.5, 0.6) is 0 Å². The van der Waals surface area contributed by atoms with Gasteiger partial charge in [-0.1, -0.05) is 5.21 Å². The molecule has 2 aliphatic heterocycles. The Balaban J connectivity index is 0.00000225. The maximum atomic E-state index is 12.7. The number of hydrogen-bond donors (Lipinski definition) is 1. The smallest absolute Gasteiger partial charge is 0.337 e. The van der Waals surface area contributed by atoms with Gasteiger partial charge in [-0.3, -0.25) is 4.79 Å². The molecule has 0 bridgehead atoms. The molecule has 0 spiro atoms. The van der Waals surface area contributed by atoms with E-state index in [0.29, 0.717) is 5.69 Å². The second-order valence-corrected chi connectivity index (χ2v) is 6.56. The van der Waals surface area contributed by atoms with Gasteiger partial charge in [-0.05, 0) is 45.7 Å². The van der Waals surface area contributed by atoms with Crippen LogP contribution in [-0.2, 0) is 0 Å². The number of carbonyl (C=O) groups is 1. The topological polar surface area (TPSA) is 63.1 Å². The van der Waals surface area contributed by atoms with Crippen molar-refractivity contribution in [2.24, 2.45) is 5.92 Å². The first kappa shape index (κ1) is 20.0. The van der Waals surface area contributed by atoms with Crippen LogP contribution < -0.4 is 5.32 Å². The minimum Gasteiger partial charge on any atom is -0.337 e. The molecule has 10 heteroatoms. The van der Waals surface area contributed by atoms with Gasteiger partial charge >= 0.3 is 6.18 Å². The number of carbonyl (C=O) groups excluding carboxylic acids is 1. The summed E-state index contributed by atoms with van der Waals surface area (Å²) in [5, 5.41) is 11.4. The number of rotatable bonds is 2. The first-order chi connectivity index (χ1) is 11.4. The minimum absolute atomic E-state index is 0. The number of nitrogens with zero attached hydrogens (tertiary/aromatic N) is 4. The van der Waals surface area contributed by atoms with Crippen molar-refractivity contribution in [3.63, 3.8) is 0 Å². The number of halogens is 4. The third kappa shape index (κ3) is 4.25. The van der Waals surface area contributed by atoms with Crippen LogP contribution in [-0.4, -0.2) is 58.2 Å². The summed E-state index contributed by atoms with van der Waals surface area (Å²) in [6, 6.07) is 0.219. The fourth-order valence-corrected chi connectivity index (χ4v) is 3.50. The van der Waals surface area contributed by atoms with Crippen LogP contribution >= 0.6 is 12.4 Å². The lowest BCUT2D eigenvalue weighted by molar-refractivity contribution is -0.183. The molecule has 3 heterocycles. The summed E-state index contributed by atoms with van der Waals surface area (Å²) in [5.74, 6) is -1.62. The van der Waals surface area contributed by atoms with Gasteiger partial charge in [-0.2, -0.15) is 13.2 Å². The van der Waals surface area contributed by atoms with Crippen LogP contribution in [0.15, 0.2) is 0 Å². The quantitative estimate of drug-likeness (QED) is 0.854. The van der Waals surface area contributed by atoms with Crippen LogP contribution in [0.2, 0.25) is 0 Å². The number of likely N-dealkylation sites (tertiary alicyclic amines) is 1. The third-order valence-corrected chi connectivity index (χ3v) is 5.03. The van der Waals surface area contributed by atoms with E-state index in [1.54, 1.807) is 11.6 Å². The van der Waals surface area contributed by atoms with E-state index in [-0.39, 0.29) is 56.0 Å². The van der Waals surface area contributed by atoms with E-state index in [0.717, 1.165) is 25.9 Å². The first-order valence-corrected chi connectivity index (χ1v) is 8.36. The largest absolute Gasteiger partial charge is 0.391 e. The SMILES string of the molecule is Cc1c(C(=O)N2CCC(C(F)(F)F)CC2)nnn1C1CCNCC1.Cl. The fourth-order valence-electron chi connectivity index (χ4n) is 3.50. The van der Waals surface area contributed by atoms with E-state index in [1.165, 1.54) is 4.90 Å². The summed E-state index contributed by atoms with van der Waals surface area (Å²) in [7, 11) is 0. The molecule has 0 atom stereocenters. The highest BCUT2D eigenvalue weighted by molar-refractivity contribution is 5.93. The predicted octanol–water partition coefficient (Wildman–Crippen LogP) is 2.35. The lowest BCUT2D eigenvalue weighted by Crippen LogP contribution is -2.42. The second-order valence-electron chi connectivity index (χ2n) is 6.56. The highest BCUT2D eigenvalue weighted by Gasteiger charge is 2.42. The summed E-state index contributed by atoms with van der Waals surface area (Å²) in [6.45, 7) is 3.83. The Hall–Kier alpha value is -1.35. The first-order valence-electron chi connectivity index (χ1n) is 8.36. The van der Waals surface area contributed by atoms with E-state index >= 15 is 0 Å². The highest BCUT2D eigenvalue weighted by Crippen LogP contribution is 2.34. The molecule has 6 nitrogen and oxygen atoms in total. The number of piperidine rings is 2. The molecule has 2 fully saturated rings. The highest BCUT2D eigenvalue weighted by atomic mass is 35.5. The number of aromatic nitrogens is 3. The van der Waals surface area contributed by atoms with Crippen molar-refractivity contribution in [2.45, 2.75) is 44.8 Å². The molecule has 142 valence electrons.